The Labute approximate surface area is 101 Å². The van der Waals surface area contributed by atoms with Crippen molar-refractivity contribution in [2.45, 2.75) is 45.4 Å². The summed E-state index contributed by atoms with van der Waals surface area (Å²) < 4.78 is 4.59. The lowest BCUT2D eigenvalue weighted by molar-refractivity contribution is -0.128. The van der Waals surface area contributed by atoms with Crippen molar-refractivity contribution < 1.29 is 9.53 Å². The summed E-state index contributed by atoms with van der Waals surface area (Å²) in [7, 11) is 3.68. The van der Waals surface area contributed by atoms with E-state index in [0.29, 0.717) is 13.1 Å². The molecule has 2 nitrogen and oxygen atoms in total. The number of hydrogen-bond donors (Lipinski definition) is 0. The van der Waals surface area contributed by atoms with Gasteiger partial charge in [-0.2, -0.15) is 0 Å². The second-order valence-corrected chi connectivity index (χ2v) is 6.08. The van der Waals surface area contributed by atoms with Crippen LogP contribution in [-0.4, -0.2) is 24.6 Å². The molecular weight excluding hydrogens is 228 g/mol. The molecule has 0 aliphatic heterocycles. The van der Waals surface area contributed by atoms with Gasteiger partial charge in [0, 0.05) is 11.5 Å². The maximum atomic E-state index is 9.83. The molecule has 0 saturated heterocycles. The number of hydrogen-bond acceptors (Lipinski definition) is 4. The molecule has 0 amide bonds. The van der Waals surface area contributed by atoms with Crippen molar-refractivity contribution >= 4 is 28.1 Å². The Balaban J connectivity index is 2.83. The summed E-state index contributed by atoms with van der Waals surface area (Å²) in [5.74, 6) is 2.12. The first-order valence-electron chi connectivity index (χ1n) is 5.71. The Bertz CT molecular complexity index is 132. The number of carbonyl (C=O) groups excluding carboxylic acids is 1. The average Bonchev–Trinajstić information content (AvgIpc) is 2.26. The Morgan fingerprint density at radius 2 is 1.67 bits per heavy atom. The minimum absolute atomic E-state index is 0.513. The third kappa shape index (κ3) is 14.2. The largest absolute Gasteiger partial charge is 0.467 e. The topological polar surface area (TPSA) is 26.3 Å². The summed E-state index contributed by atoms with van der Waals surface area (Å²) in [5, 5.41) is 0. The van der Waals surface area contributed by atoms with Crippen LogP contribution in [0, 0.1) is 0 Å². The van der Waals surface area contributed by atoms with Crippen LogP contribution >= 0.6 is 21.6 Å². The van der Waals surface area contributed by atoms with Gasteiger partial charge in [0.25, 0.3) is 6.47 Å². The van der Waals surface area contributed by atoms with Crippen molar-refractivity contribution in [3.8, 4) is 0 Å². The summed E-state index contributed by atoms with van der Waals surface area (Å²) in [4.78, 5) is 9.83. The highest BCUT2D eigenvalue weighted by Crippen LogP contribution is 2.22. The Hall–Kier alpha value is 0.170. The van der Waals surface area contributed by atoms with E-state index in [4.69, 9.17) is 0 Å². The van der Waals surface area contributed by atoms with Crippen LogP contribution in [0.15, 0.2) is 0 Å². The van der Waals surface area contributed by atoms with E-state index in [1.165, 1.54) is 44.3 Å². The predicted molar refractivity (Wildman–Crippen MR) is 70.3 cm³/mol. The van der Waals surface area contributed by atoms with Crippen LogP contribution in [0.3, 0.4) is 0 Å². The Kier molecular flexibility index (Phi) is 14.3. The van der Waals surface area contributed by atoms with E-state index in [0.717, 1.165) is 5.75 Å². The summed E-state index contributed by atoms with van der Waals surface area (Å²) in [5.41, 5.74) is 0. The minimum Gasteiger partial charge on any atom is -0.467 e. The van der Waals surface area contributed by atoms with Gasteiger partial charge in [-0.1, -0.05) is 60.6 Å². The van der Waals surface area contributed by atoms with Gasteiger partial charge in [-0.25, -0.2) is 0 Å². The Morgan fingerprint density at radius 1 is 1.00 bits per heavy atom. The highest BCUT2D eigenvalue weighted by Gasteiger charge is 1.92. The molecular formula is C11H22O2S2. The molecule has 0 N–H and O–H groups in total. The van der Waals surface area contributed by atoms with Crippen LogP contribution in [0.2, 0.25) is 0 Å². The molecule has 0 unspecified atom stereocenters. The maximum Gasteiger partial charge on any atom is 0.293 e. The van der Waals surface area contributed by atoms with E-state index in [2.05, 4.69) is 11.7 Å². The molecule has 0 spiro atoms. The fourth-order valence-electron chi connectivity index (χ4n) is 1.19. The first-order valence-corrected chi connectivity index (χ1v) is 8.20. The molecule has 0 aliphatic rings. The molecule has 0 heterocycles. The Morgan fingerprint density at radius 3 is 2.40 bits per heavy atom. The number of unbranched alkanes of at least 4 members (excludes halogenated alkanes) is 5. The lowest BCUT2D eigenvalue weighted by atomic mass is 10.1. The van der Waals surface area contributed by atoms with E-state index in [1.54, 1.807) is 10.8 Å². The maximum absolute atomic E-state index is 9.83. The smallest absolute Gasteiger partial charge is 0.293 e. The van der Waals surface area contributed by atoms with Gasteiger partial charge in [0.1, 0.15) is 6.61 Å². The molecule has 0 aromatic heterocycles. The molecule has 0 aliphatic carbocycles. The number of carbonyl (C=O) groups is 1. The summed E-state index contributed by atoms with van der Waals surface area (Å²) >= 11 is 0. The zero-order valence-electron chi connectivity index (χ0n) is 9.57. The highest BCUT2D eigenvalue weighted by atomic mass is 33.1. The molecule has 0 aromatic carbocycles. The molecule has 15 heavy (non-hydrogen) atoms. The van der Waals surface area contributed by atoms with Crippen molar-refractivity contribution in [2.75, 3.05) is 18.1 Å². The summed E-state index contributed by atoms with van der Waals surface area (Å²) in [6, 6.07) is 0. The standard InChI is InChI=1S/C11H22O2S2/c1-2-3-4-5-6-7-9-14-15-10-8-13-11-12/h11H,2-10H2,1H3. The van der Waals surface area contributed by atoms with Gasteiger partial charge in [-0.15, -0.1) is 0 Å². The van der Waals surface area contributed by atoms with Crippen LogP contribution < -0.4 is 0 Å². The molecule has 0 atom stereocenters. The van der Waals surface area contributed by atoms with Crippen molar-refractivity contribution in [1.82, 2.24) is 0 Å². The lowest BCUT2D eigenvalue weighted by Crippen LogP contribution is -1.92. The van der Waals surface area contributed by atoms with E-state index >= 15 is 0 Å². The molecule has 0 bridgehead atoms. The SMILES string of the molecule is CCCCCCCCSSCCOC=O. The van der Waals surface area contributed by atoms with Gasteiger partial charge in [0.15, 0.2) is 0 Å². The van der Waals surface area contributed by atoms with Crippen LogP contribution in [0.5, 0.6) is 0 Å². The highest BCUT2D eigenvalue weighted by molar-refractivity contribution is 8.76. The number of ether oxygens (including phenoxy) is 1. The molecule has 0 fully saturated rings. The van der Waals surface area contributed by atoms with Gasteiger partial charge in [0.05, 0.1) is 0 Å². The van der Waals surface area contributed by atoms with Crippen LogP contribution in [0.1, 0.15) is 45.4 Å². The third-order valence-corrected chi connectivity index (χ3v) is 4.47. The quantitative estimate of drug-likeness (QED) is 0.298. The fraction of sp³-hybridized carbons (Fsp3) is 0.909. The van der Waals surface area contributed by atoms with Crippen LogP contribution in [-0.2, 0) is 9.53 Å². The van der Waals surface area contributed by atoms with Gasteiger partial charge in [-0.3, -0.25) is 4.79 Å². The molecule has 0 saturated carbocycles. The molecule has 0 aromatic rings. The third-order valence-electron chi connectivity index (χ3n) is 2.02. The fourth-order valence-corrected chi connectivity index (χ4v) is 3.18. The van der Waals surface area contributed by atoms with E-state index in [-0.39, 0.29) is 0 Å². The van der Waals surface area contributed by atoms with E-state index in [9.17, 15) is 4.79 Å². The van der Waals surface area contributed by atoms with Gasteiger partial charge in [0.2, 0.25) is 0 Å². The van der Waals surface area contributed by atoms with Crippen LogP contribution in [0.25, 0.3) is 0 Å². The van der Waals surface area contributed by atoms with Gasteiger partial charge >= 0.3 is 0 Å². The zero-order chi connectivity index (χ0) is 11.2. The zero-order valence-corrected chi connectivity index (χ0v) is 11.2. The van der Waals surface area contributed by atoms with Gasteiger partial charge < -0.3 is 4.74 Å². The molecule has 0 rings (SSSR count). The second-order valence-electron chi connectivity index (χ2n) is 3.38. The predicted octanol–water partition coefficient (Wildman–Crippen LogP) is 3.90. The minimum atomic E-state index is 0.513. The van der Waals surface area contributed by atoms with Crippen LogP contribution in [0.4, 0.5) is 0 Å². The van der Waals surface area contributed by atoms with Crippen molar-refractivity contribution in [3.63, 3.8) is 0 Å². The second kappa shape index (κ2) is 14.2. The van der Waals surface area contributed by atoms with E-state index < -0.39 is 0 Å². The van der Waals surface area contributed by atoms with Crippen molar-refractivity contribution in [1.29, 1.82) is 0 Å². The normalized spacial score (nSPS) is 10.2. The molecule has 4 heteroatoms. The average molecular weight is 250 g/mol. The molecule has 90 valence electrons. The van der Waals surface area contributed by atoms with Crippen molar-refractivity contribution in [3.05, 3.63) is 0 Å². The monoisotopic (exact) mass is 250 g/mol. The molecule has 0 radical (unpaired) electrons. The number of rotatable bonds is 12. The van der Waals surface area contributed by atoms with E-state index in [1.807, 2.05) is 10.8 Å². The lowest BCUT2D eigenvalue weighted by Gasteiger charge is -2.01. The summed E-state index contributed by atoms with van der Waals surface area (Å²) in [6.45, 7) is 3.30. The van der Waals surface area contributed by atoms with Crippen molar-refractivity contribution in [2.24, 2.45) is 0 Å². The van der Waals surface area contributed by atoms with Gasteiger partial charge in [-0.05, 0) is 6.42 Å². The summed E-state index contributed by atoms with van der Waals surface area (Å²) in [6.07, 6.45) is 8.15. The first-order chi connectivity index (χ1) is 7.41. The first kappa shape index (κ1) is 15.2.